The van der Waals surface area contributed by atoms with E-state index in [2.05, 4.69) is 14.9 Å². The highest BCUT2D eigenvalue weighted by Gasteiger charge is 2.13. The summed E-state index contributed by atoms with van der Waals surface area (Å²) in [5, 5.41) is 2.92. The van der Waals surface area contributed by atoms with E-state index in [0.717, 1.165) is 34.7 Å². The molecule has 1 N–H and O–H groups in total. The molecule has 0 saturated carbocycles. The zero-order chi connectivity index (χ0) is 19.2. The zero-order valence-electron chi connectivity index (χ0n) is 16.0. The Balaban J connectivity index is 1.82. The van der Waals surface area contributed by atoms with Crippen LogP contribution in [0.2, 0.25) is 0 Å². The number of benzene rings is 2. The highest BCUT2D eigenvalue weighted by molar-refractivity contribution is 5.97. The number of nitrogens with one attached hydrogen (secondary N) is 1. The van der Waals surface area contributed by atoms with Crippen molar-refractivity contribution in [1.29, 1.82) is 0 Å². The second-order valence-corrected chi connectivity index (χ2v) is 6.21. The van der Waals surface area contributed by atoms with Gasteiger partial charge in [0.25, 0.3) is 5.91 Å². The fourth-order valence-corrected chi connectivity index (χ4v) is 3.04. The lowest BCUT2D eigenvalue weighted by Gasteiger charge is -2.09. The van der Waals surface area contributed by atoms with Crippen LogP contribution in [0.4, 0.5) is 0 Å². The first-order valence-corrected chi connectivity index (χ1v) is 9.13. The van der Waals surface area contributed by atoms with Crippen LogP contribution in [0.1, 0.15) is 29.5 Å². The third-order valence-electron chi connectivity index (χ3n) is 4.35. The Kier molecular flexibility index (Phi) is 6.08. The minimum atomic E-state index is -0.0954. The maximum atomic E-state index is 12.4. The van der Waals surface area contributed by atoms with Gasteiger partial charge in [-0.15, -0.1) is 0 Å². The van der Waals surface area contributed by atoms with Gasteiger partial charge < -0.3 is 14.8 Å². The number of carbonyl (C=O) groups excluding carboxylic acids is 1. The summed E-state index contributed by atoms with van der Waals surface area (Å²) in [7, 11) is 1.65. The predicted molar refractivity (Wildman–Crippen MR) is 106 cm³/mol. The maximum absolute atomic E-state index is 12.4. The minimum Gasteiger partial charge on any atom is -0.497 e. The number of fused-ring (bicyclic) bond motifs is 1. The SMILES string of the molecule is CCOCCCNC(=O)c1ccc2c(c1)nc(C)n2-c1cccc(OC)c1. The Hall–Kier alpha value is -2.86. The van der Waals surface area contributed by atoms with Crippen molar-refractivity contribution >= 4 is 16.9 Å². The van der Waals surface area contributed by atoms with Crippen LogP contribution in [0.3, 0.4) is 0 Å². The zero-order valence-corrected chi connectivity index (χ0v) is 16.0. The van der Waals surface area contributed by atoms with Gasteiger partial charge in [-0.2, -0.15) is 0 Å². The minimum absolute atomic E-state index is 0.0954. The van der Waals surface area contributed by atoms with Crippen LogP contribution >= 0.6 is 0 Å². The molecular formula is C21H25N3O3. The van der Waals surface area contributed by atoms with E-state index in [9.17, 15) is 4.79 Å². The summed E-state index contributed by atoms with van der Waals surface area (Å²) in [6.45, 7) is 5.85. The Morgan fingerprint density at radius 1 is 1.22 bits per heavy atom. The van der Waals surface area contributed by atoms with Gasteiger partial charge in [-0.05, 0) is 50.6 Å². The average Bonchev–Trinajstić information content (AvgIpc) is 3.02. The molecule has 0 atom stereocenters. The van der Waals surface area contributed by atoms with E-state index in [0.29, 0.717) is 25.3 Å². The summed E-state index contributed by atoms with van der Waals surface area (Å²) in [4.78, 5) is 17.0. The van der Waals surface area contributed by atoms with Crippen molar-refractivity contribution in [2.24, 2.45) is 0 Å². The molecule has 0 unspecified atom stereocenters. The molecule has 1 aromatic heterocycles. The van der Waals surface area contributed by atoms with Crippen LogP contribution in [0.5, 0.6) is 5.75 Å². The third kappa shape index (κ3) is 4.28. The lowest BCUT2D eigenvalue weighted by molar-refractivity contribution is 0.0944. The van der Waals surface area contributed by atoms with Gasteiger partial charge in [0.2, 0.25) is 0 Å². The predicted octanol–water partition coefficient (Wildman–Crippen LogP) is 3.50. The van der Waals surface area contributed by atoms with Crippen molar-refractivity contribution in [1.82, 2.24) is 14.9 Å². The van der Waals surface area contributed by atoms with Gasteiger partial charge in [0, 0.05) is 31.4 Å². The van der Waals surface area contributed by atoms with Gasteiger partial charge in [-0.25, -0.2) is 4.98 Å². The molecular weight excluding hydrogens is 342 g/mol. The number of aryl methyl sites for hydroxylation is 1. The monoisotopic (exact) mass is 367 g/mol. The highest BCUT2D eigenvalue weighted by atomic mass is 16.5. The van der Waals surface area contributed by atoms with E-state index in [1.807, 2.05) is 56.3 Å². The smallest absolute Gasteiger partial charge is 0.251 e. The molecule has 0 fully saturated rings. The van der Waals surface area contributed by atoms with E-state index in [4.69, 9.17) is 9.47 Å². The van der Waals surface area contributed by atoms with Crippen molar-refractivity contribution in [2.75, 3.05) is 26.9 Å². The summed E-state index contributed by atoms with van der Waals surface area (Å²) in [5.41, 5.74) is 3.32. The summed E-state index contributed by atoms with van der Waals surface area (Å²) in [6, 6.07) is 13.4. The standard InChI is InChI=1S/C21H25N3O3/c1-4-27-12-6-11-22-21(25)16-9-10-20-19(13-16)23-15(2)24(20)17-7-5-8-18(14-17)26-3/h5,7-10,13-14H,4,6,11-12H2,1-3H3,(H,22,25). The first-order valence-electron chi connectivity index (χ1n) is 9.13. The number of amides is 1. The quantitative estimate of drug-likeness (QED) is 0.619. The van der Waals surface area contributed by atoms with Crippen LogP contribution in [-0.4, -0.2) is 42.3 Å². The van der Waals surface area contributed by atoms with Gasteiger partial charge in [-0.3, -0.25) is 9.36 Å². The normalized spacial score (nSPS) is 10.9. The first kappa shape index (κ1) is 18.9. The molecule has 2 aromatic carbocycles. The van der Waals surface area contributed by atoms with E-state index >= 15 is 0 Å². The number of aromatic nitrogens is 2. The number of imidazole rings is 1. The number of nitrogens with zero attached hydrogens (tertiary/aromatic N) is 2. The number of hydrogen-bond donors (Lipinski definition) is 1. The van der Waals surface area contributed by atoms with Crippen LogP contribution in [0, 0.1) is 6.92 Å². The Morgan fingerprint density at radius 2 is 2.07 bits per heavy atom. The van der Waals surface area contributed by atoms with E-state index < -0.39 is 0 Å². The van der Waals surface area contributed by atoms with Crippen molar-refractivity contribution in [3.63, 3.8) is 0 Å². The van der Waals surface area contributed by atoms with Crippen LogP contribution < -0.4 is 10.1 Å². The molecule has 6 nitrogen and oxygen atoms in total. The average molecular weight is 367 g/mol. The molecule has 0 aliphatic heterocycles. The lowest BCUT2D eigenvalue weighted by atomic mass is 10.2. The maximum Gasteiger partial charge on any atom is 0.251 e. The summed E-state index contributed by atoms with van der Waals surface area (Å²) >= 11 is 0. The summed E-state index contributed by atoms with van der Waals surface area (Å²) in [5.74, 6) is 1.55. The molecule has 6 heteroatoms. The molecule has 0 aliphatic carbocycles. The molecule has 0 saturated heterocycles. The van der Waals surface area contributed by atoms with Crippen LogP contribution in [0.25, 0.3) is 16.7 Å². The van der Waals surface area contributed by atoms with Gasteiger partial charge in [0.15, 0.2) is 0 Å². The van der Waals surface area contributed by atoms with Crippen LogP contribution in [0.15, 0.2) is 42.5 Å². The molecule has 1 heterocycles. The Morgan fingerprint density at radius 3 is 2.85 bits per heavy atom. The number of methoxy groups -OCH3 is 1. The van der Waals surface area contributed by atoms with Crippen LogP contribution in [-0.2, 0) is 4.74 Å². The van der Waals surface area contributed by atoms with Gasteiger partial charge >= 0.3 is 0 Å². The topological polar surface area (TPSA) is 65.4 Å². The summed E-state index contributed by atoms with van der Waals surface area (Å²) in [6.07, 6.45) is 0.797. The summed E-state index contributed by atoms with van der Waals surface area (Å²) < 4.78 is 12.7. The van der Waals surface area contributed by atoms with Gasteiger partial charge in [0.05, 0.1) is 23.8 Å². The van der Waals surface area contributed by atoms with Crippen molar-refractivity contribution in [3.8, 4) is 11.4 Å². The first-order chi connectivity index (χ1) is 13.1. The molecule has 0 bridgehead atoms. The molecule has 3 rings (SSSR count). The number of ether oxygens (including phenoxy) is 2. The Labute approximate surface area is 159 Å². The third-order valence-corrected chi connectivity index (χ3v) is 4.35. The molecule has 0 radical (unpaired) electrons. The molecule has 0 spiro atoms. The fraction of sp³-hybridized carbons (Fsp3) is 0.333. The van der Waals surface area contributed by atoms with Crippen molar-refractivity contribution in [3.05, 3.63) is 53.9 Å². The van der Waals surface area contributed by atoms with Crippen molar-refractivity contribution < 1.29 is 14.3 Å². The number of carbonyl (C=O) groups is 1. The number of hydrogen-bond acceptors (Lipinski definition) is 4. The van der Waals surface area contributed by atoms with E-state index in [1.54, 1.807) is 7.11 Å². The second-order valence-electron chi connectivity index (χ2n) is 6.21. The Bertz CT molecular complexity index is 934. The molecule has 0 aliphatic rings. The lowest BCUT2D eigenvalue weighted by Crippen LogP contribution is -2.25. The van der Waals surface area contributed by atoms with E-state index in [1.165, 1.54) is 0 Å². The van der Waals surface area contributed by atoms with Crippen molar-refractivity contribution in [2.45, 2.75) is 20.3 Å². The molecule has 142 valence electrons. The second kappa shape index (κ2) is 8.68. The highest BCUT2D eigenvalue weighted by Crippen LogP contribution is 2.24. The molecule has 3 aromatic rings. The molecule has 27 heavy (non-hydrogen) atoms. The fourth-order valence-electron chi connectivity index (χ4n) is 3.04. The number of rotatable bonds is 8. The van der Waals surface area contributed by atoms with Gasteiger partial charge in [-0.1, -0.05) is 6.07 Å². The molecule has 1 amide bonds. The largest absolute Gasteiger partial charge is 0.497 e. The van der Waals surface area contributed by atoms with Gasteiger partial charge in [0.1, 0.15) is 11.6 Å². The van der Waals surface area contributed by atoms with E-state index in [-0.39, 0.29) is 5.91 Å².